The molecule has 6 heteroatoms. The lowest BCUT2D eigenvalue weighted by Crippen LogP contribution is -2.47. The van der Waals surface area contributed by atoms with Gasteiger partial charge in [-0.2, -0.15) is 5.26 Å². The molecule has 5 nitrogen and oxygen atoms in total. The van der Waals surface area contributed by atoms with Crippen molar-refractivity contribution in [1.29, 1.82) is 5.26 Å². The second-order valence-electron chi connectivity index (χ2n) is 6.62. The zero-order valence-corrected chi connectivity index (χ0v) is 16.1. The topological polar surface area (TPSA) is 82.0 Å². The predicted octanol–water partition coefficient (Wildman–Crippen LogP) is 3.79. The first-order valence-electron chi connectivity index (χ1n) is 8.72. The van der Waals surface area contributed by atoms with Crippen molar-refractivity contribution >= 4 is 23.4 Å². The lowest BCUT2D eigenvalue weighted by atomic mass is 10.0. The van der Waals surface area contributed by atoms with Crippen molar-refractivity contribution in [1.82, 2.24) is 10.6 Å². The quantitative estimate of drug-likeness (QED) is 0.713. The molecule has 0 aromatic heterocycles. The van der Waals surface area contributed by atoms with Gasteiger partial charge >= 0.3 is 0 Å². The summed E-state index contributed by atoms with van der Waals surface area (Å²) in [5.74, 6) is -0.456. The lowest BCUT2D eigenvalue weighted by molar-refractivity contribution is -0.123. The minimum absolute atomic E-state index is 0.0842. The molecule has 2 aromatic carbocycles. The maximum atomic E-state index is 12.5. The van der Waals surface area contributed by atoms with Crippen molar-refractivity contribution < 1.29 is 9.59 Å². The number of halogens is 1. The van der Waals surface area contributed by atoms with E-state index in [0.29, 0.717) is 17.0 Å². The molecule has 0 aliphatic rings. The molecule has 0 saturated carbocycles. The van der Waals surface area contributed by atoms with Crippen molar-refractivity contribution in [2.24, 2.45) is 5.92 Å². The number of hydrogen-bond donors (Lipinski definition) is 2. The Morgan fingerprint density at radius 3 is 2.11 bits per heavy atom. The Morgan fingerprint density at radius 2 is 1.59 bits per heavy atom. The van der Waals surface area contributed by atoms with E-state index in [1.54, 1.807) is 12.1 Å². The van der Waals surface area contributed by atoms with Gasteiger partial charge in [-0.15, -0.1) is 0 Å². The highest BCUT2D eigenvalue weighted by Crippen LogP contribution is 2.22. The summed E-state index contributed by atoms with van der Waals surface area (Å²) in [6.07, 6.45) is 0.492. The van der Waals surface area contributed by atoms with Crippen LogP contribution < -0.4 is 10.6 Å². The van der Waals surface area contributed by atoms with Gasteiger partial charge in [0.2, 0.25) is 5.91 Å². The number of benzene rings is 2. The van der Waals surface area contributed by atoms with Crippen molar-refractivity contribution in [2.45, 2.75) is 26.3 Å². The SMILES string of the molecule is CC(C)C[C@H](NC(=O)c1ccc(-c2ccc(Cl)cc2)cc1)C(=O)NCC#N. The van der Waals surface area contributed by atoms with Crippen LogP contribution in [0, 0.1) is 17.2 Å². The van der Waals surface area contributed by atoms with Gasteiger partial charge in [-0.3, -0.25) is 9.59 Å². The Labute approximate surface area is 164 Å². The summed E-state index contributed by atoms with van der Waals surface area (Å²) in [5, 5.41) is 14.5. The van der Waals surface area contributed by atoms with Gasteiger partial charge in [0.1, 0.15) is 12.6 Å². The summed E-state index contributed by atoms with van der Waals surface area (Å²) in [5.41, 5.74) is 2.43. The van der Waals surface area contributed by atoms with Crippen LogP contribution in [0.5, 0.6) is 0 Å². The molecule has 0 heterocycles. The molecule has 0 aliphatic heterocycles. The Balaban J connectivity index is 2.09. The standard InChI is InChI=1S/C21H22ClN3O2/c1-14(2)13-19(21(27)24-12-11-23)25-20(26)17-5-3-15(4-6-17)16-7-9-18(22)10-8-16/h3-10,14,19H,12-13H2,1-2H3,(H,24,27)(H,25,26)/t19-/m0/s1. The molecule has 27 heavy (non-hydrogen) atoms. The second kappa shape index (κ2) is 9.75. The smallest absolute Gasteiger partial charge is 0.251 e. The fraction of sp³-hybridized carbons (Fsp3) is 0.286. The molecular formula is C21H22ClN3O2. The molecule has 2 aromatic rings. The van der Waals surface area contributed by atoms with E-state index in [1.165, 1.54) is 0 Å². The van der Waals surface area contributed by atoms with E-state index in [4.69, 9.17) is 16.9 Å². The van der Waals surface area contributed by atoms with Crippen molar-refractivity contribution in [3.8, 4) is 17.2 Å². The minimum atomic E-state index is -0.679. The van der Waals surface area contributed by atoms with Gasteiger partial charge in [-0.1, -0.05) is 49.7 Å². The highest BCUT2D eigenvalue weighted by Gasteiger charge is 2.22. The number of carbonyl (C=O) groups excluding carboxylic acids is 2. The average Bonchev–Trinajstić information content (AvgIpc) is 2.66. The van der Waals surface area contributed by atoms with E-state index in [-0.39, 0.29) is 24.3 Å². The van der Waals surface area contributed by atoms with E-state index in [1.807, 2.05) is 56.3 Å². The van der Waals surface area contributed by atoms with Crippen molar-refractivity contribution in [3.05, 3.63) is 59.1 Å². The molecule has 1 atom stereocenters. The van der Waals surface area contributed by atoms with Gasteiger partial charge in [0.15, 0.2) is 0 Å². The van der Waals surface area contributed by atoms with Gasteiger partial charge in [0.25, 0.3) is 5.91 Å². The predicted molar refractivity (Wildman–Crippen MR) is 106 cm³/mol. The number of amides is 2. The fourth-order valence-electron chi connectivity index (χ4n) is 2.65. The number of nitriles is 1. The van der Waals surface area contributed by atoms with Gasteiger partial charge in [0.05, 0.1) is 6.07 Å². The van der Waals surface area contributed by atoms with Gasteiger partial charge in [-0.05, 0) is 47.7 Å². The molecule has 2 N–H and O–H groups in total. The third-order valence-corrected chi connectivity index (χ3v) is 4.25. The number of nitrogens with one attached hydrogen (secondary N) is 2. The van der Waals surface area contributed by atoms with Crippen molar-refractivity contribution in [3.63, 3.8) is 0 Å². The van der Waals surface area contributed by atoms with Gasteiger partial charge in [-0.25, -0.2) is 0 Å². The molecule has 140 valence electrons. The van der Waals surface area contributed by atoms with Gasteiger partial charge in [0, 0.05) is 10.6 Å². The molecule has 2 rings (SSSR count). The monoisotopic (exact) mass is 383 g/mol. The van der Waals surface area contributed by atoms with E-state index in [0.717, 1.165) is 11.1 Å². The van der Waals surface area contributed by atoms with Crippen LogP contribution in [0.15, 0.2) is 48.5 Å². The summed E-state index contributed by atoms with van der Waals surface area (Å²) in [4.78, 5) is 24.7. The molecule has 0 aliphatic carbocycles. The van der Waals surface area contributed by atoms with Crippen molar-refractivity contribution in [2.75, 3.05) is 6.54 Å². The molecule has 0 unspecified atom stereocenters. The van der Waals surface area contributed by atoms with E-state index in [2.05, 4.69) is 10.6 Å². The van der Waals surface area contributed by atoms with Crippen LogP contribution in [-0.4, -0.2) is 24.4 Å². The van der Waals surface area contributed by atoms with Crippen LogP contribution in [0.2, 0.25) is 5.02 Å². The third kappa shape index (κ3) is 6.12. The second-order valence-corrected chi connectivity index (χ2v) is 7.05. The number of carbonyl (C=O) groups is 2. The Bertz CT molecular complexity index is 824. The average molecular weight is 384 g/mol. The van der Waals surface area contributed by atoms with Crippen LogP contribution >= 0.6 is 11.6 Å². The maximum absolute atomic E-state index is 12.5. The lowest BCUT2D eigenvalue weighted by Gasteiger charge is -2.19. The van der Waals surface area contributed by atoms with E-state index >= 15 is 0 Å². The summed E-state index contributed by atoms with van der Waals surface area (Å²) in [6.45, 7) is 3.86. The first-order valence-corrected chi connectivity index (χ1v) is 9.10. The minimum Gasteiger partial charge on any atom is -0.341 e. The number of nitrogens with zero attached hydrogens (tertiary/aromatic N) is 1. The number of hydrogen-bond acceptors (Lipinski definition) is 3. The molecular weight excluding hydrogens is 362 g/mol. The highest BCUT2D eigenvalue weighted by molar-refractivity contribution is 6.30. The van der Waals surface area contributed by atoms with Crippen LogP contribution in [-0.2, 0) is 4.79 Å². The maximum Gasteiger partial charge on any atom is 0.251 e. The first kappa shape index (κ1) is 20.5. The van der Waals surface area contributed by atoms with Crippen LogP contribution in [0.1, 0.15) is 30.6 Å². The first-order chi connectivity index (χ1) is 12.9. The summed E-state index contributed by atoms with van der Waals surface area (Å²) >= 11 is 5.90. The molecule has 0 bridgehead atoms. The third-order valence-electron chi connectivity index (χ3n) is 4.00. The summed E-state index contributed by atoms with van der Waals surface area (Å²) in [7, 11) is 0. The largest absolute Gasteiger partial charge is 0.341 e. The highest BCUT2D eigenvalue weighted by atomic mass is 35.5. The van der Waals surface area contributed by atoms with Gasteiger partial charge < -0.3 is 10.6 Å². The van der Waals surface area contributed by atoms with Crippen LogP contribution in [0.4, 0.5) is 0 Å². The molecule has 0 radical (unpaired) electrons. The van der Waals surface area contributed by atoms with Crippen LogP contribution in [0.25, 0.3) is 11.1 Å². The zero-order chi connectivity index (χ0) is 19.8. The van der Waals surface area contributed by atoms with Crippen LogP contribution in [0.3, 0.4) is 0 Å². The Morgan fingerprint density at radius 1 is 1.04 bits per heavy atom. The molecule has 0 fully saturated rings. The van der Waals surface area contributed by atoms with E-state index < -0.39 is 6.04 Å². The molecule has 2 amide bonds. The fourth-order valence-corrected chi connectivity index (χ4v) is 2.78. The molecule has 0 saturated heterocycles. The summed E-state index contributed by atoms with van der Waals surface area (Å²) < 4.78 is 0. The normalized spacial score (nSPS) is 11.5. The number of rotatable bonds is 7. The zero-order valence-electron chi connectivity index (χ0n) is 15.3. The van der Waals surface area contributed by atoms with E-state index in [9.17, 15) is 9.59 Å². The summed E-state index contributed by atoms with van der Waals surface area (Å²) in [6, 6.07) is 15.8. The Hall–Kier alpha value is -2.84. The Kier molecular flexibility index (Phi) is 7.39. The molecule has 0 spiro atoms.